The van der Waals surface area contributed by atoms with Crippen LogP contribution in [0.5, 0.6) is 0 Å². The summed E-state index contributed by atoms with van der Waals surface area (Å²) in [6, 6.07) is 0. The zero-order chi connectivity index (χ0) is 15.0. The summed E-state index contributed by atoms with van der Waals surface area (Å²) in [5.74, 6) is 1.68. The topological polar surface area (TPSA) is 44.3 Å². The SMILES string of the molecule is CCCNc1ncc(Br)c(N(CC)CCCN(C)C)n1. The van der Waals surface area contributed by atoms with Gasteiger partial charge in [0.15, 0.2) is 0 Å². The summed E-state index contributed by atoms with van der Waals surface area (Å²) in [7, 11) is 4.20. The van der Waals surface area contributed by atoms with E-state index in [4.69, 9.17) is 0 Å². The van der Waals surface area contributed by atoms with Crippen molar-refractivity contribution in [2.24, 2.45) is 0 Å². The fourth-order valence-electron chi connectivity index (χ4n) is 1.89. The minimum atomic E-state index is 0.705. The van der Waals surface area contributed by atoms with E-state index >= 15 is 0 Å². The van der Waals surface area contributed by atoms with E-state index in [-0.39, 0.29) is 0 Å². The number of rotatable bonds is 9. The highest BCUT2D eigenvalue weighted by Crippen LogP contribution is 2.24. The van der Waals surface area contributed by atoms with E-state index in [9.17, 15) is 0 Å². The summed E-state index contributed by atoms with van der Waals surface area (Å²) in [4.78, 5) is 13.4. The molecule has 1 heterocycles. The Morgan fingerprint density at radius 3 is 2.60 bits per heavy atom. The van der Waals surface area contributed by atoms with Crippen LogP contribution in [0.25, 0.3) is 0 Å². The Kier molecular flexibility index (Phi) is 7.84. The third kappa shape index (κ3) is 5.63. The highest BCUT2D eigenvalue weighted by atomic mass is 79.9. The molecule has 0 saturated heterocycles. The first-order chi connectivity index (χ1) is 9.58. The van der Waals surface area contributed by atoms with Gasteiger partial charge in [-0.2, -0.15) is 4.98 Å². The van der Waals surface area contributed by atoms with Gasteiger partial charge in [0, 0.05) is 25.8 Å². The maximum absolute atomic E-state index is 4.62. The van der Waals surface area contributed by atoms with Gasteiger partial charge in [-0.05, 0) is 56.3 Å². The predicted octanol–water partition coefficient (Wildman–Crippen LogP) is 2.84. The van der Waals surface area contributed by atoms with Gasteiger partial charge >= 0.3 is 0 Å². The van der Waals surface area contributed by atoms with Gasteiger partial charge in [0.2, 0.25) is 5.95 Å². The first kappa shape index (κ1) is 17.2. The Hall–Kier alpha value is -0.880. The van der Waals surface area contributed by atoms with Crippen molar-refractivity contribution in [3.63, 3.8) is 0 Å². The molecule has 1 rings (SSSR count). The van der Waals surface area contributed by atoms with Crippen molar-refractivity contribution in [1.82, 2.24) is 14.9 Å². The number of hydrogen-bond donors (Lipinski definition) is 1. The fraction of sp³-hybridized carbons (Fsp3) is 0.714. The Balaban J connectivity index is 2.73. The lowest BCUT2D eigenvalue weighted by Crippen LogP contribution is -2.28. The van der Waals surface area contributed by atoms with Crippen LogP contribution in [0.15, 0.2) is 10.7 Å². The molecule has 0 aliphatic rings. The van der Waals surface area contributed by atoms with Gasteiger partial charge in [-0.3, -0.25) is 0 Å². The number of aromatic nitrogens is 2. The van der Waals surface area contributed by atoms with Crippen molar-refractivity contribution in [2.45, 2.75) is 26.7 Å². The quantitative estimate of drug-likeness (QED) is 0.746. The van der Waals surface area contributed by atoms with Crippen LogP contribution in [0.4, 0.5) is 11.8 Å². The molecule has 5 nitrogen and oxygen atoms in total. The summed E-state index contributed by atoms with van der Waals surface area (Å²) in [5, 5.41) is 3.24. The number of nitrogens with zero attached hydrogens (tertiary/aromatic N) is 4. The minimum Gasteiger partial charge on any atom is -0.356 e. The van der Waals surface area contributed by atoms with E-state index in [1.54, 1.807) is 0 Å². The molecule has 0 aliphatic carbocycles. The summed E-state index contributed by atoms with van der Waals surface area (Å²) < 4.78 is 0.950. The Morgan fingerprint density at radius 1 is 1.25 bits per heavy atom. The zero-order valence-corrected chi connectivity index (χ0v) is 14.6. The van der Waals surface area contributed by atoms with Gasteiger partial charge < -0.3 is 15.1 Å². The molecule has 0 fully saturated rings. The average molecular weight is 344 g/mol. The number of nitrogens with one attached hydrogen (secondary N) is 1. The van der Waals surface area contributed by atoms with Gasteiger partial charge in [0.1, 0.15) is 5.82 Å². The maximum Gasteiger partial charge on any atom is 0.224 e. The standard InChI is InChI=1S/C14H26BrN5/c1-5-8-16-14-17-11-12(15)13(18-14)20(6-2)10-7-9-19(3)4/h11H,5-10H2,1-4H3,(H,16,17,18). The first-order valence-electron chi connectivity index (χ1n) is 7.24. The maximum atomic E-state index is 4.62. The van der Waals surface area contributed by atoms with Crippen LogP contribution in [0, 0.1) is 0 Å². The number of hydrogen-bond acceptors (Lipinski definition) is 5. The van der Waals surface area contributed by atoms with Crippen LogP contribution in [-0.4, -0.2) is 55.1 Å². The molecular formula is C14H26BrN5. The second-order valence-corrected chi connectivity index (χ2v) is 5.88. The van der Waals surface area contributed by atoms with Crippen molar-refractivity contribution in [2.75, 3.05) is 50.5 Å². The molecular weight excluding hydrogens is 318 g/mol. The van der Waals surface area contributed by atoms with Crippen LogP contribution < -0.4 is 10.2 Å². The molecule has 1 N–H and O–H groups in total. The smallest absolute Gasteiger partial charge is 0.224 e. The molecule has 114 valence electrons. The molecule has 1 aromatic heterocycles. The van der Waals surface area contributed by atoms with Crippen molar-refractivity contribution in [1.29, 1.82) is 0 Å². The molecule has 0 aromatic carbocycles. The Morgan fingerprint density at radius 2 is 2.00 bits per heavy atom. The summed E-state index contributed by atoms with van der Waals surface area (Å²) >= 11 is 3.56. The van der Waals surface area contributed by atoms with Crippen LogP contribution >= 0.6 is 15.9 Å². The highest BCUT2D eigenvalue weighted by molar-refractivity contribution is 9.10. The molecule has 0 bridgehead atoms. The summed E-state index contributed by atoms with van der Waals surface area (Å²) in [6.45, 7) is 8.21. The van der Waals surface area contributed by atoms with Gasteiger partial charge in [0.25, 0.3) is 0 Å². The number of halogens is 1. The Labute approximate surface area is 130 Å². The minimum absolute atomic E-state index is 0.705. The first-order valence-corrected chi connectivity index (χ1v) is 8.03. The fourth-order valence-corrected chi connectivity index (χ4v) is 2.34. The molecule has 0 spiro atoms. The molecule has 0 saturated carbocycles. The third-order valence-electron chi connectivity index (χ3n) is 2.97. The van der Waals surface area contributed by atoms with E-state index in [0.29, 0.717) is 5.95 Å². The molecule has 1 aromatic rings. The highest BCUT2D eigenvalue weighted by Gasteiger charge is 2.12. The average Bonchev–Trinajstić information content (AvgIpc) is 2.43. The van der Waals surface area contributed by atoms with Crippen LogP contribution in [0.3, 0.4) is 0 Å². The predicted molar refractivity (Wildman–Crippen MR) is 89.6 cm³/mol. The molecule has 20 heavy (non-hydrogen) atoms. The molecule has 0 aliphatic heterocycles. The van der Waals surface area contributed by atoms with Crippen LogP contribution in [0.1, 0.15) is 26.7 Å². The number of anilines is 2. The van der Waals surface area contributed by atoms with Gasteiger partial charge in [-0.1, -0.05) is 6.92 Å². The van der Waals surface area contributed by atoms with E-state index < -0.39 is 0 Å². The monoisotopic (exact) mass is 343 g/mol. The second-order valence-electron chi connectivity index (χ2n) is 5.03. The largest absolute Gasteiger partial charge is 0.356 e. The van der Waals surface area contributed by atoms with Crippen molar-refractivity contribution < 1.29 is 0 Å². The van der Waals surface area contributed by atoms with Gasteiger partial charge in [0.05, 0.1) is 4.47 Å². The molecule has 0 radical (unpaired) electrons. The van der Waals surface area contributed by atoms with E-state index in [2.05, 4.69) is 69.0 Å². The lowest BCUT2D eigenvalue weighted by atomic mass is 10.3. The Bertz CT molecular complexity index is 397. The lowest BCUT2D eigenvalue weighted by molar-refractivity contribution is 0.400. The summed E-state index contributed by atoms with van der Waals surface area (Å²) in [5.41, 5.74) is 0. The lowest BCUT2D eigenvalue weighted by Gasteiger charge is -2.24. The molecule has 0 amide bonds. The summed E-state index contributed by atoms with van der Waals surface area (Å²) in [6.07, 6.45) is 4.01. The van der Waals surface area contributed by atoms with Crippen LogP contribution in [0.2, 0.25) is 0 Å². The molecule has 0 unspecified atom stereocenters. The van der Waals surface area contributed by atoms with Crippen molar-refractivity contribution in [3.05, 3.63) is 10.7 Å². The molecule has 6 heteroatoms. The second kappa shape index (κ2) is 9.13. The van der Waals surface area contributed by atoms with Crippen molar-refractivity contribution in [3.8, 4) is 0 Å². The van der Waals surface area contributed by atoms with E-state index in [0.717, 1.165) is 49.3 Å². The van der Waals surface area contributed by atoms with E-state index in [1.165, 1.54) is 0 Å². The van der Waals surface area contributed by atoms with E-state index in [1.807, 2.05) is 6.20 Å². The normalized spacial score (nSPS) is 10.9. The van der Waals surface area contributed by atoms with Crippen LogP contribution in [-0.2, 0) is 0 Å². The van der Waals surface area contributed by atoms with Gasteiger partial charge in [-0.25, -0.2) is 4.98 Å². The zero-order valence-electron chi connectivity index (χ0n) is 13.0. The van der Waals surface area contributed by atoms with Gasteiger partial charge in [-0.15, -0.1) is 0 Å². The molecule has 0 atom stereocenters. The van der Waals surface area contributed by atoms with Crippen molar-refractivity contribution >= 4 is 27.7 Å². The third-order valence-corrected chi connectivity index (χ3v) is 3.53.